The van der Waals surface area contributed by atoms with Gasteiger partial charge in [0.05, 0.1) is 18.8 Å². The van der Waals surface area contributed by atoms with Crippen molar-refractivity contribution in [3.05, 3.63) is 65.2 Å². The number of hydrogen-bond acceptors (Lipinski definition) is 4. The molecule has 0 aromatic heterocycles. The van der Waals surface area contributed by atoms with E-state index in [1.165, 1.54) is 11.1 Å². The van der Waals surface area contributed by atoms with E-state index in [1.54, 1.807) is 0 Å². The largest absolute Gasteiger partial charge is 0.378 e. The maximum atomic E-state index is 13.8. The van der Waals surface area contributed by atoms with Gasteiger partial charge in [0.2, 0.25) is 0 Å². The molecule has 0 radical (unpaired) electrons. The summed E-state index contributed by atoms with van der Waals surface area (Å²) >= 11 is 2.41. The molecular weight excluding hydrogens is 475 g/mol. The van der Waals surface area contributed by atoms with Gasteiger partial charge in [-0.15, -0.1) is 0 Å². The van der Waals surface area contributed by atoms with Crippen LogP contribution in [-0.2, 0) is 11.2 Å². The Morgan fingerprint density at radius 3 is 2.21 bits per heavy atom. The Labute approximate surface area is 188 Å². The first-order valence-corrected chi connectivity index (χ1v) is 11.4. The van der Waals surface area contributed by atoms with Crippen LogP contribution in [0.2, 0.25) is 0 Å². The average molecular weight is 506 g/mol. The summed E-state index contributed by atoms with van der Waals surface area (Å²) in [6, 6.07) is 16.6. The van der Waals surface area contributed by atoms with Crippen molar-refractivity contribution in [3.8, 4) is 0 Å². The minimum absolute atomic E-state index is 0.142. The maximum absolute atomic E-state index is 13.8. The van der Waals surface area contributed by atoms with Crippen LogP contribution in [-0.4, -0.2) is 60.5 Å². The van der Waals surface area contributed by atoms with Gasteiger partial charge in [-0.25, -0.2) is 0 Å². The molecule has 0 N–H and O–H groups in total. The number of ether oxygens (including phenoxy) is 1. The predicted molar refractivity (Wildman–Crippen MR) is 129 cm³/mol. The highest BCUT2D eigenvalue weighted by molar-refractivity contribution is 14.1. The molecule has 1 heterocycles. The highest BCUT2D eigenvalue weighted by Crippen LogP contribution is 2.33. The Kier molecular flexibility index (Phi) is 7.35. The SMILES string of the molecule is Cc1ccc(CC(C(=O)c2ccc(N3CCOCC3)cc2)(C(C)I)N(C)C)cc1. The Balaban J connectivity index is 1.90. The van der Waals surface area contributed by atoms with Gasteiger partial charge in [-0.2, -0.15) is 0 Å². The normalized spacial score (nSPS) is 17.8. The fourth-order valence-electron chi connectivity index (χ4n) is 4.03. The van der Waals surface area contributed by atoms with Crippen molar-refractivity contribution in [3.63, 3.8) is 0 Å². The first-order valence-electron chi connectivity index (χ1n) is 10.2. The summed E-state index contributed by atoms with van der Waals surface area (Å²) in [5, 5.41) is 0. The topological polar surface area (TPSA) is 32.8 Å². The summed E-state index contributed by atoms with van der Waals surface area (Å²) < 4.78 is 5.58. The van der Waals surface area contributed by atoms with E-state index in [0.717, 1.165) is 37.6 Å². The molecule has 29 heavy (non-hydrogen) atoms. The van der Waals surface area contributed by atoms with E-state index in [4.69, 9.17) is 4.74 Å². The molecule has 0 bridgehead atoms. The molecule has 2 unspecified atom stereocenters. The van der Waals surface area contributed by atoms with Gasteiger partial charge in [-0.3, -0.25) is 9.69 Å². The third-order valence-electron chi connectivity index (χ3n) is 5.95. The van der Waals surface area contributed by atoms with Crippen molar-refractivity contribution in [2.45, 2.75) is 29.7 Å². The lowest BCUT2D eigenvalue weighted by Crippen LogP contribution is -2.58. The third kappa shape index (κ3) is 4.84. The second-order valence-corrected chi connectivity index (χ2v) is 9.94. The van der Waals surface area contributed by atoms with Crippen LogP contribution in [0.4, 0.5) is 5.69 Å². The van der Waals surface area contributed by atoms with Gasteiger partial charge in [-0.05, 0) is 57.3 Å². The van der Waals surface area contributed by atoms with Crippen LogP contribution >= 0.6 is 22.6 Å². The molecule has 2 aromatic rings. The number of carbonyl (C=O) groups excluding carboxylic acids is 1. The summed E-state index contributed by atoms with van der Waals surface area (Å²) in [6.07, 6.45) is 0.689. The number of carbonyl (C=O) groups is 1. The molecule has 0 aliphatic carbocycles. The van der Waals surface area contributed by atoms with E-state index >= 15 is 0 Å². The van der Waals surface area contributed by atoms with Crippen molar-refractivity contribution in [1.29, 1.82) is 0 Å². The van der Waals surface area contributed by atoms with E-state index in [9.17, 15) is 4.79 Å². The molecule has 1 fully saturated rings. The summed E-state index contributed by atoms with van der Waals surface area (Å²) in [5.41, 5.74) is 3.74. The maximum Gasteiger partial charge on any atom is 0.184 e. The zero-order valence-corrected chi connectivity index (χ0v) is 20.0. The van der Waals surface area contributed by atoms with Crippen LogP contribution < -0.4 is 4.90 Å². The van der Waals surface area contributed by atoms with Gasteiger partial charge in [0.25, 0.3) is 0 Å². The van der Waals surface area contributed by atoms with Crippen LogP contribution in [0, 0.1) is 6.92 Å². The van der Waals surface area contributed by atoms with Crippen LogP contribution in [0.3, 0.4) is 0 Å². The van der Waals surface area contributed by atoms with Crippen molar-refractivity contribution in [2.24, 2.45) is 0 Å². The van der Waals surface area contributed by atoms with E-state index in [1.807, 2.05) is 26.2 Å². The first-order chi connectivity index (χ1) is 13.8. The van der Waals surface area contributed by atoms with Crippen molar-refractivity contribution in [1.82, 2.24) is 4.90 Å². The molecule has 2 aromatic carbocycles. The highest BCUT2D eigenvalue weighted by atomic mass is 127. The van der Waals surface area contributed by atoms with Crippen molar-refractivity contribution in [2.75, 3.05) is 45.3 Å². The molecular formula is C24H31IN2O2. The van der Waals surface area contributed by atoms with Crippen molar-refractivity contribution >= 4 is 34.1 Å². The first kappa shape index (κ1) is 22.2. The number of nitrogens with zero attached hydrogens (tertiary/aromatic N) is 2. The molecule has 0 saturated carbocycles. The minimum atomic E-state index is -0.601. The number of morpholine rings is 1. The number of anilines is 1. The van der Waals surface area contributed by atoms with Crippen LogP contribution in [0.1, 0.15) is 28.4 Å². The monoisotopic (exact) mass is 506 g/mol. The fraction of sp³-hybridized carbons (Fsp3) is 0.458. The van der Waals surface area contributed by atoms with Crippen molar-refractivity contribution < 1.29 is 9.53 Å². The minimum Gasteiger partial charge on any atom is -0.378 e. The second kappa shape index (κ2) is 9.58. The highest BCUT2D eigenvalue weighted by Gasteiger charge is 2.45. The molecule has 2 atom stereocenters. The summed E-state index contributed by atoms with van der Waals surface area (Å²) in [5.74, 6) is 0.179. The Hall–Kier alpha value is -1.44. The summed E-state index contributed by atoms with van der Waals surface area (Å²) in [4.78, 5) is 18.2. The molecule has 3 rings (SSSR count). The molecule has 0 spiro atoms. The predicted octanol–water partition coefficient (Wildman–Crippen LogP) is 4.38. The lowest BCUT2D eigenvalue weighted by molar-refractivity contribution is 0.0690. The molecule has 1 saturated heterocycles. The summed E-state index contributed by atoms with van der Waals surface area (Å²) in [7, 11) is 4.03. The van der Waals surface area contributed by atoms with Crippen LogP contribution in [0.5, 0.6) is 0 Å². The number of hydrogen-bond donors (Lipinski definition) is 0. The number of benzene rings is 2. The third-order valence-corrected chi connectivity index (χ3v) is 6.98. The molecule has 1 aliphatic heterocycles. The molecule has 156 valence electrons. The standard InChI is InChI=1S/C24H31IN2O2/c1-18-5-7-20(8-6-18)17-24(19(2)25,26(3)4)23(28)21-9-11-22(12-10-21)27-13-15-29-16-14-27/h5-12,19H,13-17H2,1-4H3. The number of Topliss-reactive ketones (excluding diaryl/α,β-unsaturated/α-hetero) is 1. The summed E-state index contributed by atoms with van der Waals surface area (Å²) in [6.45, 7) is 7.53. The lowest BCUT2D eigenvalue weighted by atomic mass is 9.80. The zero-order chi connectivity index (χ0) is 21.0. The molecule has 4 nitrogen and oxygen atoms in total. The number of likely N-dealkylation sites (N-methyl/N-ethyl adjacent to an activating group) is 1. The zero-order valence-electron chi connectivity index (χ0n) is 17.8. The Bertz CT molecular complexity index is 802. The number of aryl methyl sites for hydroxylation is 1. The Morgan fingerprint density at radius 2 is 1.69 bits per heavy atom. The van der Waals surface area contributed by atoms with E-state index < -0.39 is 5.54 Å². The quantitative estimate of drug-likeness (QED) is 0.317. The van der Waals surface area contributed by atoms with E-state index in [2.05, 4.69) is 82.6 Å². The number of rotatable bonds is 7. The number of alkyl halides is 1. The van der Waals surface area contributed by atoms with Gasteiger partial charge < -0.3 is 9.64 Å². The van der Waals surface area contributed by atoms with Gasteiger partial charge in [0.1, 0.15) is 0 Å². The molecule has 0 amide bonds. The average Bonchev–Trinajstić information content (AvgIpc) is 2.73. The van der Waals surface area contributed by atoms with Gasteiger partial charge >= 0.3 is 0 Å². The van der Waals surface area contributed by atoms with Gasteiger partial charge in [-0.1, -0.05) is 59.3 Å². The number of halogens is 1. The lowest BCUT2D eigenvalue weighted by Gasteiger charge is -2.41. The number of ketones is 1. The van der Waals surface area contributed by atoms with Crippen LogP contribution in [0.25, 0.3) is 0 Å². The smallest absolute Gasteiger partial charge is 0.184 e. The molecule has 5 heteroatoms. The second-order valence-electron chi connectivity index (χ2n) is 8.07. The van der Waals surface area contributed by atoms with Gasteiger partial charge in [0.15, 0.2) is 5.78 Å². The van der Waals surface area contributed by atoms with Gasteiger partial charge in [0, 0.05) is 28.3 Å². The van der Waals surface area contributed by atoms with E-state index in [0.29, 0.717) is 6.42 Å². The van der Waals surface area contributed by atoms with Crippen LogP contribution in [0.15, 0.2) is 48.5 Å². The Morgan fingerprint density at radius 1 is 1.10 bits per heavy atom. The molecule has 1 aliphatic rings. The van der Waals surface area contributed by atoms with E-state index in [-0.39, 0.29) is 9.71 Å². The fourth-order valence-corrected chi connectivity index (χ4v) is 5.09.